The molecule has 0 bridgehead atoms. The van der Waals surface area contributed by atoms with E-state index in [0.717, 1.165) is 24.3 Å². The highest BCUT2D eigenvalue weighted by atomic mass is 127. The molecule has 0 atom stereocenters. The molecule has 0 unspecified atom stereocenters. The third kappa shape index (κ3) is 4.67. The van der Waals surface area contributed by atoms with E-state index in [9.17, 15) is 0 Å². The van der Waals surface area contributed by atoms with Gasteiger partial charge in [0.05, 0.1) is 6.54 Å². The molecule has 1 aromatic heterocycles. The third-order valence-electron chi connectivity index (χ3n) is 2.93. The maximum Gasteiger partial charge on any atom is 0.189 e. The van der Waals surface area contributed by atoms with Crippen molar-refractivity contribution < 1.29 is 4.52 Å². The second-order valence-electron chi connectivity index (χ2n) is 5.81. The quantitative estimate of drug-likeness (QED) is 0.471. The highest BCUT2D eigenvalue weighted by Crippen LogP contribution is 2.24. The molecule has 108 valence electrons. The number of nitrogens with zero attached hydrogens (tertiary/aromatic N) is 2. The van der Waals surface area contributed by atoms with Crippen molar-refractivity contribution in [3.05, 3.63) is 17.0 Å². The van der Waals surface area contributed by atoms with E-state index in [2.05, 4.69) is 15.5 Å². The predicted octanol–water partition coefficient (Wildman–Crippen LogP) is 2.37. The Kier molecular flexibility index (Phi) is 5.64. The zero-order valence-electron chi connectivity index (χ0n) is 11.8. The summed E-state index contributed by atoms with van der Waals surface area (Å²) in [7, 11) is 0. The molecule has 1 aromatic rings. The molecule has 0 saturated carbocycles. The van der Waals surface area contributed by atoms with E-state index in [0.29, 0.717) is 12.5 Å². The number of aliphatic imine (C=N–C) groups is 1. The first-order valence-corrected chi connectivity index (χ1v) is 6.50. The highest BCUT2D eigenvalue weighted by molar-refractivity contribution is 14.0. The Bertz CT molecular complexity index is 448. The van der Waals surface area contributed by atoms with Crippen molar-refractivity contribution in [3.8, 4) is 0 Å². The Balaban J connectivity index is 0.00000180. The molecule has 0 saturated heterocycles. The zero-order chi connectivity index (χ0) is 13.2. The van der Waals surface area contributed by atoms with Gasteiger partial charge in [-0.3, -0.25) is 0 Å². The summed E-state index contributed by atoms with van der Waals surface area (Å²) in [6.07, 6.45) is 4.46. The molecule has 3 N–H and O–H groups in total. The normalized spacial score (nSPS) is 15.6. The van der Waals surface area contributed by atoms with Gasteiger partial charge in [0.2, 0.25) is 0 Å². The second-order valence-corrected chi connectivity index (χ2v) is 5.81. The SMILES string of the molecule is CC(C)(C)NC(N)=NCc1noc2c1CCCC2.I. The van der Waals surface area contributed by atoms with Crippen LogP contribution in [0.2, 0.25) is 0 Å². The van der Waals surface area contributed by atoms with E-state index in [4.69, 9.17) is 10.3 Å². The van der Waals surface area contributed by atoms with Crippen LogP contribution in [0.1, 0.15) is 50.6 Å². The lowest BCUT2D eigenvalue weighted by Gasteiger charge is -2.20. The Morgan fingerprint density at radius 2 is 2.05 bits per heavy atom. The molecule has 0 radical (unpaired) electrons. The molecular formula is C13H23IN4O. The van der Waals surface area contributed by atoms with Gasteiger partial charge in [-0.15, -0.1) is 24.0 Å². The molecule has 19 heavy (non-hydrogen) atoms. The predicted molar refractivity (Wildman–Crippen MR) is 86.8 cm³/mol. The Morgan fingerprint density at radius 3 is 2.74 bits per heavy atom. The topological polar surface area (TPSA) is 76.4 Å². The van der Waals surface area contributed by atoms with Gasteiger partial charge in [-0.05, 0) is 40.0 Å². The summed E-state index contributed by atoms with van der Waals surface area (Å²) >= 11 is 0. The number of guanidine groups is 1. The first-order valence-electron chi connectivity index (χ1n) is 6.50. The maximum absolute atomic E-state index is 5.83. The minimum atomic E-state index is -0.0726. The van der Waals surface area contributed by atoms with Crippen molar-refractivity contribution in [2.75, 3.05) is 0 Å². The van der Waals surface area contributed by atoms with Crippen molar-refractivity contribution in [1.82, 2.24) is 10.5 Å². The lowest BCUT2D eigenvalue weighted by molar-refractivity contribution is 0.368. The van der Waals surface area contributed by atoms with Gasteiger partial charge in [-0.25, -0.2) is 4.99 Å². The van der Waals surface area contributed by atoms with Crippen molar-refractivity contribution >= 4 is 29.9 Å². The van der Waals surface area contributed by atoms with Gasteiger partial charge in [-0.2, -0.15) is 0 Å². The first kappa shape index (κ1) is 16.3. The summed E-state index contributed by atoms with van der Waals surface area (Å²) in [5.41, 5.74) is 7.94. The molecule has 5 nitrogen and oxygen atoms in total. The number of halogens is 1. The summed E-state index contributed by atoms with van der Waals surface area (Å²) < 4.78 is 5.34. The van der Waals surface area contributed by atoms with Crippen molar-refractivity contribution in [2.24, 2.45) is 10.7 Å². The number of aryl methyl sites for hydroxylation is 1. The van der Waals surface area contributed by atoms with Crippen LogP contribution in [0.3, 0.4) is 0 Å². The monoisotopic (exact) mass is 378 g/mol. The van der Waals surface area contributed by atoms with Crippen molar-refractivity contribution in [2.45, 2.75) is 58.5 Å². The van der Waals surface area contributed by atoms with Crippen LogP contribution in [-0.4, -0.2) is 16.7 Å². The largest absolute Gasteiger partial charge is 0.370 e. The van der Waals surface area contributed by atoms with Crippen LogP contribution in [0.4, 0.5) is 0 Å². The highest BCUT2D eigenvalue weighted by Gasteiger charge is 2.19. The van der Waals surface area contributed by atoms with Crippen molar-refractivity contribution in [1.29, 1.82) is 0 Å². The molecule has 1 aliphatic carbocycles. The molecule has 1 aliphatic rings. The van der Waals surface area contributed by atoms with E-state index < -0.39 is 0 Å². The number of rotatable bonds is 2. The zero-order valence-corrected chi connectivity index (χ0v) is 14.2. The number of hydrogen-bond acceptors (Lipinski definition) is 3. The van der Waals surface area contributed by atoms with Crippen LogP contribution in [0.5, 0.6) is 0 Å². The molecule has 0 spiro atoms. The Hall–Kier alpha value is -0.790. The van der Waals surface area contributed by atoms with Crippen LogP contribution in [-0.2, 0) is 19.4 Å². The van der Waals surface area contributed by atoms with Gasteiger partial charge < -0.3 is 15.6 Å². The molecule has 0 fully saturated rings. The van der Waals surface area contributed by atoms with E-state index in [1.165, 1.54) is 18.4 Å². The minimum Gasteiger partial charge on any atom is -0.370 e. The van der Waals surface area contributed by atoms with Gasteiger partial charge in [0.25, 0.3) is 0 Å². The minimum absolute atomic E-state index is 0. The van der Waals surface area contributed by atoms with E-state index in [1.807, 2.05) is 20.8 Å². The molecular weight excluding hydrogens is 355 g/mol. The van der Waals surface area contributed by atoms with Gasteiger partial charge in [0.1, 0.15) is 11.5 Å². The molecule has 1 heterocycles. The fourth-order valence-corrected chi connectivity index (χ4v) is 2.16. The van der Waals surface area contributed by atoms with E-state index >= 15 is 0 Å². The molecule has 6 heteroatoms. The fourth-order valence-electron chi connectivity index (χ4n) is 2.16. The lowest BCUT2D eigenvalue weighted by Crippen LogP contribution is -2.45. The number of hydrogen-bond donors (Lipinski definition) is 2. The standard InChI is InChI=1S/C13H22N4O.HI/c1-13(2,3)16-12(14)15-8-10-9-6-4-5-7-11(9)18-17-10;/h4-8H2,1-3H3,(H3,14,15,16);1H. The lowest BCUT2D eigenvalue weighted by atomic mass is 9.96. The summed E-state index contributed by atoms with van der Waals surface area (Å²) in [5, 5.41) is 7.23. The summed E-state index contributed by atoms with van der Waals surface area (Å²) in [4.78, 5) is 4.32. The summed E-state index contributed by atoms with van der Waals surface area (Å²) in [6.45, 7) is 6.64. The van der Waals surface area contributed by atoms with Gasteiger partial charge >= 0.3 is 0 Å². The van der Waals surface area contributed by atoms with E-state index in [-0.39, 0.29) is 29.5 Å². The molecule has 0 aromatic carbocycles. The van der Waals surface area contributed by atoms with E-state index in [1.54, 1.807) is 0 Å². The van der Waals surface area contributed by atoms with Crippen LogP contribution in [0.25, 0.3) is 0 Å². The smallest absolute Gasteiger partial charge is 0.189 e. The number of nitrogens with two attached hydrogens (primary N) is 1. The number of fused-ring (bicyclic) bond motifs is 1. The number of aromatic nitrogens is 1. The van der Waals surface area contributed by atoms with Crippen LogP contribution >= 0.6 is 24.0 Å². The first-order chi connectivity index (χ1) is 8.46. The third-order valence-corrected chi connectivity index (χ3v) is 2.93. The van der Waals surface area contributed by atoms with Crippen LogP contribution in [0.15, 0.2) is 9.52 Å². The Labute approximate surface area is 131 Å². The van der Waals surface area contributed by atoms with Gasteiger partial charge in [-0.1, -0.05) is 5.16 Å². The summed E-state index contributed by atoms with van der Waals surface area (Å²) in [5.74, 6) is 1.49. The maximum atomic E-state index is 5.83. The second kappa shape index (κ2) is 6.58. The van der Waals surface area contributed by atoms with Crippen molar-refractivity contribution in [3.63, 3.8) is 0 Å². The Morgan fingerprint density at radius 1 is 1.37 bits per heavy atom. The average molecular weight is 378 g/mol. The fraction of sp³-hybridized carbons (Fsp3) is 0.692. The molecule has 0 aliphatic heterocycles. The molecule has 0 amide bonds. The van der Waals surface area contributed by atoms with Gasteiger partial charge in [0.15, 0.2) is 5.96 Å². The molecule has 2 rings (SSSR count). The van der Waals surface area contributed by atoms with Crippen LogP contribution < -0.4 is 11.1 Å². The average Bonchev–Trinajstić information content (AvgIpc) is 2.67. The number of nitrogens with one attached hydrogen (secondary N) is 1. The summed E-state index contributed by atoms with van der Waals surface area (Å²) in [6, 6.07) is 0. The van der Waals surface area contributed by atoms with Gasteiger partial charge in [0, 0.05) is 17.5 Å². The van der Waals surface area contributed by atoms with Crippen LogP contribution in [0, 0.1) is 0 Å².